The number of carbonyl (C=O) groups excluding carboxylic acids is 1. The van der Waals surface area contributed by atoms with Crippen molar-refractivity contribution in [1.82, 2.24) is 20.1 Å². The third-order valence-electron chi connectivity index (χ3n) is 3.42. The second-order valence-corrected chi connectivity index (χ2v) is 7.05. The molecular formula is C16H19ClN4O3S. The minimum Gasteiger partial charge on any atom is -0.481 e. The Kier molecular flexibility index (Phi) is 6.83. The van der Waals surface area contributed by atoms with Crippen LogP contribution >= 0.6 is 23.4 Å². The first-order chi connectivity index (χ1) is 11.9. The molecule has 0 radical (unpaired) electrons. The lowest BCUT2D eigenvalue weighted by molar-refractivity contribution is -0.137. The van der Waals surface area contributed by atoms with Gasteiger partial charge in [-0.1, -0.05) is 35.5 Å². The van der Waals surface area contributed by atoms with Gasteiger partial charge in [0.05, 0.1) is 18.2 Å². The molecule has 0 aliphatic carbocycles. The van der Waals surface area contributed by atoms with Crippen LogP contribution in [0.25, 0.3) is 0 Å². The molecule has 1 heterocycles. The summed E-state index contributed by atoms with van der Waals surface area (Å²) in [4.78, 5) is 23.3. The minimum atomic E-state index is -0.993. The van der Waals surface area contributed by atoms with Gasteiger partial charge in [-0.15, -0.1) is 10.2 Å². The molecule has 2 rings (SSSR count). The number of aromatic nitrogens is 3. The van der Waals surface area contributed by atoms with E-state index in [1.807, 2.05) is 18.4 Å². The fourth-order valence-electron chi connectivity index (χ4n) is 2.18. The van der Waals surface area contributed by atoms with Crippen molar-refractivity contribution in [2.45, 2.75) is 37.5 Å². The van der Waals surface area contributed by atoms with Crippen LogP contribution in [-0.2, 0) is 9.59 Å². The molecule has 0 fully saturated rings. The lowest BCUT2D eigenvalue weighted by atomic mass is 10.0. The highest BCUT2D eigenvalue weighted by molar-refractivity contribution is 7.99. The lowest BCUT2D eigenvalue weighted by Gasteiger charge is -2.17. The highest BCUT2D eigenvalue weighted by Crippen LogP contribution is 2.21. The van der Waals surface area contributed by atoms with Crippen LogP contribution in [0.4, 0.5) is 0 Å². The average molecular weight is 383 g/mol. The zero-order chi connectivity index (χ0) is 18.4. The number of carbonyl (C=O) groups is 2. The summed E-state index contributed by atoms with van der Waals surface area (Å²) in [6.07, 6.45) is 1.41. The number of aliphatic carboxylic acids is 1. The summed E-state index contributed by atoms with van der Waals surface area (Å²) in [6, 6.07) is 6.31. The Hall–Kier alpha value is -2.06. The van der Waals surface area contributed by atoms with E-state index in [0.717, 1.165) is 0 Å². The van der Waals surface area contributed by atoms with Gasteiger partial charge in [-0.2, -0.15) is 0 Å². The Balaban J connectivity index is 2.00. The number of benzene rings is 1. The summed E-state index contributed by atoms with van der Waals surface area (Å²) in [7, 11) is 0. The number of halogens is 1. The molecule has 0 aliphatic heterocycles. The standard InChI is InChI=1S/C16H19ClN4O3S/c1-10(2)21-9-18-20-16(21)25-8-14(22)19-13(7-15(23)24)11-3-5-12(17)6-4-11/h3-6,9-10,13H,7-8H2,1-2H3,(H,19,22)(H,23,24)/t13-/m0/s1. The summed E-state index contributed by atoms with van der Waals surface area (Å²) in [5, 5.41) is 20.9. The van der Waals surface area contributed by atoms with Crippen molar-refractivity contribution in [1.29, 1.82) is 0 Å². The SMILES string of the molecule is CC(C)n1cnnc1SCC(=O)N[C@@H](CC(=O)O)c1ccc(Cl)cc1. The maximum atomic E-state index is 12.2. The molecular weight excluding hydrogens is 364 g/mol. The molecule has 0 saturated heterocycles. The van der Waals surface area contributed by atoms with Crippen molar-refractivity contribution in [2.75, 3.05) is 5.75 Å². The molecule has 0 unspecified atom stereocenters. The predicted molar refractivity (Wildman–Crippen MR) is 95.7 cm³/mol. The molecule has 7 nitrogen and oxygen atoms in total. The Morgan fingerprint density at radius 1 is 1.32 bits per heavy atom. The molecule has 0 saturated carbocycles. The van der Waals surface area contributed by atoms with E-state index < -0.39 is 12.0 Å². The normalized spacial score (nSPS) is 12.2. The monoisotopic (exact) mass is 382 g/mol. The van der Waals surface area contributed by atoms with Crippen LogP contribution in [0.15, 0.2) is 35.7 Å². The molecule has 2 aromatic rings. The molecule has 0 bridgehead atoms. The lowest BCUT2D eigenvalue weighted by Crippen LogP contribution is -2.31. The van der Waals surface area contributed by atoms with E-state index in [9.17, 15) is 9.59 Å². The Bertz CT molecular complexity index is 733. The molecule has 1 aromatic heterocycles. The van der Waals surface area contributed by atoms with E-state index in [1.165, 1.54) is 11.8 Å². The molecule has 1 amide bonds. The van der Waals surface area contributed by atoms with E-state index in [2.05, 4.69) is 15.5 Å². The van der Waals surface area contributed by atoms with Crippen LogP contribution < -0.4 is 5.32 Å². The molecule has 25 heavy (non-hydrogen) atoms. The van der Waals surface area contributed by atoms with Crippen LogP contribution in [0.2, 0.25) is 5.02 Å². The van der Waals surface area contributed by atoms with E-state index >= 15 is 0 Å². The second kappa shape index (κ2) is 8.87. The Labute approximate surface area is 154 Å². The van der Waals surface area contributed by atoms with Crippen molar-refractivity contribution in [3.8, 4) is 0 Å². The zero-order valence-corrected chi connectivity index (χ0v) is 15.4. The number of nitrogens with one attached hydrogen (secondary N) is 1. The number of nitrogens with zero attached hydrogens (tertiary/aromatic N) is 3. The van der Waals surface area contributed by atoms with Crippen molar-refractivity contribution < 1.29 is 14.7 Å². The zero-order valence-electron chi connectivity index (χ0n) is 13.8. The van der Waals surface area contributed by atoms with E-state index in [4.69, 9.17) is 16.7 Å². The van der Waals surface area contributed by atoms with Crippen molar-refractivity contribution in [2.24, 2.45) is 0 Å². The van der Waals surface area contributed by atoms with Crippen LogP contribution in [-0.4, -0.2) is 37.5 Å². The van der Waals surface area contributed by atoms with E-state index in [-0.39, 0.29) is 24.1 Å². The topological polar surface area (TPSA) is 97.1 Å². The summed E-state index contributed by atoms with van der Waals surface area (Å²) in [6.45, 7) is 3.99. The molecule has 134 valence electrons. The fraction of sp³-hybridized carbons (Fsp3) is 0.375. The third-order valence-corrected chi connectivity index (χ3v) is 4.62. The number of thioether (sulfide) groups is 1. The molecule has 9 heteroatoms. The predicted octanol–water partition coefficient (Wildman–Crippen LogP) is 2.94. The van der Waals surface area contributed by atoms with Crippen LogP contribution in [0, 0.1) is 0 Å². The highest BCUT2D eigenvalue weighted by atomic mass is 35.5. The van der Waals surface area contributed by atoms with Gasteiger partial charge >= 0.3 is 5.97 Å². The van der Waals surface area contributed by atoms with Gasteiger partial charge in [-0.25, -0.2) is 0 Å². The first-order valence-electron chi connectivity index (χ1n) is 7.65. The number of hydrogen-bond acceptors (Lipinski definition) is 5. The summed E-state index contributed by atoms with van der Waals surface area (Å²) in [5.74, 6) is -1.15. The molecule has 2 N–H and O–H groups in total. The van der Waals surface area contributed by atoms with Gasteiger partial charge in [0.15, 0.2) is 5.16 Å². The summed E-state index contributed by atoms with van der Waals surface area (Å²) < 4.78 is 1.87. The first-order valence-corrected chi connectivity index (χ1v) is 9.02. The van der Waals surface area contributed by atoms with Gasteiger partial charge in [-0.3, -0.25) is 9.59 Å². The maximum absolute atomic E-state index is 12.2. The quantitative estimate of drug-likeness (QED) is 0.681. The molecule has 1 atom stereocenters. The average Bonchev–Trinajstić information content (AvgIpc) is 3.01. The molecule has 0 spiro atoms. The van der Waals surface area contributed by atoms with Crippen LogP contribution in [0.5, 0.6) is 0 Å². The molecule has 1 aromatic carbocycles. The van der Waals surface area contributed by atoms with Gasteiger partial charge in [0.25, 0.3) is 0 Å². The smallest absolute Gasteiger partial charge is 0.305 e. The van der Waals surface area contributed by atoms with Gasteiger partial charge in [0.1, 0.15) is 6.33 Å². The van der Waals surface area contributed by atoms with E-state index in [0.29, 0.717) is 15.7 Å². The number of carboxylic acids is 1. The fourth-order valence-corrected chi connectivity index (χ4v) is 3.16. The van der Waals surface area contributed by atoms with Crippen molar-refractivity contribution in [3.05, 3.63) is 41.2 Å². The van der Waals surface area contributed by atoms with E-state index in [1.54, 1.807) is 30.6 Å². The number of rotatable bonds is 8. The first kappa shape index (κ1) is 19.3. The van der Waals surface area contributed by atoms with Gasteiger partial charge in [-0.05, 0) is 31.5 Å². The van der Waals surface area contributed by atoms with Crippen LogP contribution in [0.1, 0.15) is 37.9 Å². The number of amides is 1. The largest absolute Gasteiger partial charge is 0.481 e. The summed E-state index contributed by atoms with van der Waals surface area (Å²) in [5.41, 5.74) is 0.690. The summed E-state index contributed by atoms with van der Waals surface area (Å²) >= 11 is 7.11. The Morgan fingerprint density at radius 2 is 2.00 bits per heavy atom. The Morgan fingerprint density at radius 3 is 2.60 bits per heavy atom. The molecule has 0 aliphatic rings. The van der Waals surface area contributed by atoms with Crippen LogP contribution in [0.3, 0.4) is 0 Å². The second-order valence-electron chi connectivity index (χ2n) is 5.67. The number of carboxylic acid groups (broad SMARTS) is 1. The van der Waals surface area contributed by atoms with Gasteiger partial charge < -0.3 is 15.0 Å². The minimum absolute atomic E-state index is 0.120. The van der Waals surface area contributed by atoms with Crippen molar-refractivity contribution in [3.63, 3.8) is 0 Å². The maximum Gasteiger partial charge on any atom is 0.305 e. The third kappa shape index (κ3) is 5.75. The van der Waals surface area contributed by atoms with Crippen molar-refractivity contribution >= 4 is 35.2 Å². The van der Waals surface area contributed by atoms with Gasteiger partial charge in [0.2, 0.25) is 5.91 Å². The number of hydrogen-bond donors (Lipinski definition) is 2. The highest BCUT2D eigenvalue weighted by Gasteiger charge is 2.19. The van der Waals surface area contributed by atoms with Gasteiger partial charge in [0, 0.05) is 11.1 Å².